The molecular formula is C19H25FN4. The highest BCUT2D eigenvalue weighted by atomic mass is 19.1. The second kappa shape index (κ2) is 7.26. The smallest absolute Gasteiger partial charge is 0.226 e. The molecular weight excluding hydrogens is 303 g/mol. The van der Waals surface area contributed by atoms with E-state index in [0.717, 1.165) is 67.0 Å². The van der Waals surface area contributed by atoms with Crippen LogP contribution in [0, 0.1) is 12.7 Å². The highest BCUT2D eigenvalue weighted by molar-refractivity contribution is 5.81. The van der Waals surface area contributed by atoms with Gasteiger partial charge in [0, 0.05) is 31.1 Å². The van der Waals surface area contributed by atoms with E-state index in [2.05, 4.69) is 26.8 Å². The van der Waals surface area contributed by atoms with Gasteiger partial charge >= 0.3 is 0 Å². The van der Waals surface area contributed by atoms with E-state index in [1.54, 1.807) is 6.07 Å². The SMILES string of the molecule is C=C(C)CNC1CCCN(c2nc(C)c3cc(F)ccc3n2)CC1. The fourth-order valence-corrected chi connectivity index (χ4v) is 3.20. The average Bonchev–Trinajstić information content (AvgIpc) is 2.79. The molecule has 0 saturated carbocycles. The number of benzene rings is 1. The lowest BCUT2D eigenvalue weighted by Crippen LogP contribution is -2.32. The lowest BCUT2D eigenvalue weighted by atomic mass is 10.1. The van der Waals surface area contributed by atoms with Crippen molar-refractivity contribution in [2.24, 2.45) is 0 Å². The molecule has 0 bridgehead atoms. The van der Waals surface area contributed by atoms with Gasteiger partial charge in [0.05, 0.1) is 11.2 Å². The largest absolute Gasteiger partial charge is 0.341 e. The van der Waals surface area contributed by atoms with E-state index in [0.29, 0.717) is 6.04 Å². The number of fused-ring (bicyclic) bond motifs is 1. The molecule has 0 amide bonds. The lowest BCUT2D eigenvalue weighted by molar-refractivity contribution is 0.489. The summed E-state index contributed by atoms with van der Waals surface area (Å²) in [5.74, 6) is 0.510. The Balaban J connectivity index is 1.75. The van der Waals surface area contributed by atoms with Crippen LogP contribution in [0.15, 0.2) is 30.4 Å². The van der Waals surface area contributed by atoms with Gasteiger partial charge < -0.3 is 10.2 Å². The monoisotopic (exact) mass is 328 g/mol. The molecule has 1 aromatic heterocycles. The van der Waals surface area contributed by atoms with Crippen LogP contribution >= 0.6 is 0 Å². The number of halogens is 1. The van der Waals surface area contributed by atoms with Gasteiger partial charge in [-0.3, -0.25) is 0 Å². The molecule has 1 aliphatic rings. The zero-order chi connectivity index (χ0) is 17.1. The molecule has 1 unspecified atom stereocenters. The number of rotatable bonds is 4. The van der Waals surface area contributed by atoms with Crippen LogP contribution in [0.2, 0.25) is 0 Å². The third-order valence-electron chi connectivity index (χ3n) is 4.54. The van der Waals surface area contributed by atoms with Crippen LogP contribution in [-0.2, 0) is 0 Å². The minimum Gasteiger partial charge on any atom is -0.341 e. The summed E-state index contributed by atoms with van der Waals surface area (Å²) in [7, 11) is 0. The van der Waals surface area contributed by atoms with Gasteiger partial charge in [0.15, 0.2) is 0 Å². The Hall–Kier alpha value is -2.01. The standard InChI is InChI=1S/C19H25FN4/c1-13(2)12-21-16-5-4-9-24(10-8-16)19-22-14(3)17-11-15(20)6-7-18(17)23-19/h6-7,11,16,21H,1,4-5,8-10,12H2,2-3H3. The van der Waals surface area contributed by atoms with Gasteiger partial charge in [-0.05, 0) is 51.3 Å². The van der Waals surface area contributed by atoms with Crippen LogP contribution < -0.4 is 10.2 Å². The second-order valence-electron chi connectivity index (χ2n) is 6.72. The van der Waals surface area contributed by atoms with Crippen LogP contribution in [0.5, 0.6) is 0 Å². The number of aryl methyl sites for hydroxylation is 1. The number of hydrogen-bond acceptors (Lipinski definition) is 4. The fourth-order valence-electron chi connectivity index (χ4n) is 3.20. The Morgan fingerprint density at radius 2 is 2.17 bits per heavy atom. The van der Waals surface area contributed by atoms with Gasteiger partial charge in [-0.2, -0.15) is 0 Å². The highest BCUT2D eigenvalue weighted by Crippen LogP contribution is 2.22. The lowest BCUT2D eigenvalue weighted by Gasteiger charge is -2.21. The Morgan fingerprint density at radius 3 is 2.96 bits per heavy atom. The summed E-state index contributed by atoms with van der Waals surface area (Å²) >= 11 is 0. The van der Waals surface area contributed by atoms with Crippen molar-refractivity contribution < 1.29 is 4.39 Å². The van der Waals surface area contributed by atoms with E-state index in [1.807, 2.05) is 13.8 Å². The maximum atomic E-state index is 13.4. The molecule has 5 heteroatoms. The van der Waals surface area contributed by atoms with Crippen LogP contribution in [-0.4, -0.2) is 35.6 Å². The Kier molecular flexibility index (Phi) is 5.09. The number of hydrogen-bond donors (Lipinski definition) is 1. The topological polar surface area (TPSA) is 41.0 Å². The predicted molar refractivity (Wildman–Crippen MR) is 96.9 cm³/mol. The minimum absolute atomic E-state index is 0.247. The highest BCUT2D eigenvalue weighted by Gasteiger charge is 2.19. The molecule has 128 valence electrons. The number of anilines is 1. The summed E-state index contributed by atoms with van der Waals surface area (Å²) in [6.45, 7) is 10.7. The van der Waals surface area contributed by atoms with Gasteiger partial charge in [0.25, 0.3) is 0 Å². The molecule has 1 aliphatic heterocycles. The van der Waals surface area contributed by atoms with Crippen LogP contribution in [0.3, 0.4) is 0 Å². The van der Waals surface area contributed by atoms with E-state index >= 15 is 0 Å². The summed E-state index contributed by atoms with van der Waals surface area (Å²) in [5.41, 5.74) is 2.80. The Bertz CT molecular complexity index is 743. The zero-order valence-corrected chi connectivity index (χ0v) is 14.5. The quantitative estimate of drug-likeness (QED) is 0.871. The van der Waals surface area contributed by atoms with Crippen molar-refractivity contribution in [2.75, 3.05) is 24.5 Å². The van der Waals surface area contributed by atoms with Crippen molar-refractivity contribution in [3.05, 3.63) is 41.9 Å². The van der Waals surface area contributed by atoms with E-state index < -0.39 is 0 Å². The molecule has 4 nitrogen and oxygen atoms in total. The number of nitrogens with one attached hydrogen (secondary N) is 1. The maximum absolute atomic E-state index is 13.4. The van der Waals surface area contributed by atoms with Crippen molar-refractivity contribution >= 4 is 16.9 Å². The third-order valence-corrected chi connectivity index (χ3v) is 4.54. The zero-order valence-electron chi connectivity index (χ0n) is 14.5. The molecule has 0 spiro atoms. The summed E-state index contributed by atoms with van der Waals surface area (Å²) < 4.78 is 13.4. The van der Waals surface area contributed by atoms with Gasteiger partial charge in [0.1, 0.15) is 5.82 Å². The van der Waals surface area contributed by atoms with Gasteiger partial charge in [0.2, 0.25) is 5.95 Å². The molecule has 2 aromatic rings. The predicted octanol–water partition coefficient (Wildman–Crippen LogP) is 3.60. The molecule has 1 N–H and O–H groups in total. The van der Waals surface area contributed by atoms with E-state index in [1.165, 1.54) is 12.1 Å². The number of nitrogens with zero attached hydrogens (tertiary/aromatic N) is 3. The minimum atomic E-state index is -0.247. The molecule has 0 radical (unpaired) electrons. The van der Waals surface area contributed by atoms with E-state index in [9.17, 15) is 4.39 Å². The molecule has 1 fully saturated rings. The van der Waals surface area contributed by atoms with Gasteiger partial charge in [-0.25, -0.2) is 14.4 Å². The summed E-state index contributed by atoms with van der Waals surface area (Å²) in [6, 6.07) is 5.22. The molecule has 2 heterocycles. The second-order valence-corrected chi connectivity index (χ2v) is 6.72. The Labute approximate surface area is 142 Å². The van der Waals surface area contributed by atoms with Crippen LogP contribution in [0.1, 0.15) is 31.9 Å². The summed E-state index contributed by atoms with van der Waals surface area (Å²) in [6.07, 6.45) is 3.33. The van der Waals surface area contributed by atoms with Crippen molar-refractivity contribution in [3.8, 4) is 0 Å². The van der Waals surface area contributed by atoms with E-state index in [-0.39, 0.29) is 5.82 Å². The molecule has 24 heavy (non-hydrogen) atoms. The number of aromatic nitrogens is 2. The van der Waals surface area contributed by atoms with Crippen LogP contribution in [0.4, 0.5) is 10.3 Å². The first-order chi connectivity index (χ1) is 11.5. The van der Waals surface area contributed by atoms with Crippen molar-refractivity contribution in [1.29, 1.82) is 0 Å². The molecule has 3 rings (SSSR count). The average molecular weight is 328 g/mol. The Morgan fingerprint density at radius 1 is 1.33 bits per heavy atom. The third kappa shape index (κ3) is 3.90. The van der Waals surface area contributed by atoms with E-state index in [4.69, 9.17) is 0 Å². The fraction of sp³-hybridized carbons (Fsp3) is 0.474. The molecule has 1 atom stereocenters. The van der Waals surface area contributed by atoms with Crippen molar-refractivity contribution in [1.82, 2.24) is 15.3 Å². The van der Waals surface area contributed by atoms with Crippen LogP contribution in [0.25, 0.3) is 10.9 Å². The maximum Gasteiger partial charge on any atom is 0.226 e. The summed E-state index contributed by atoms with van der Waals surface area (Å²) in [4.78, 5) is 11.5. The first-order valence-electron chi connectivity index (χ1n) is 8.59. The van der Waals surface area contributed by atoms with Crippen molar-refractivity contribution in [2.45, 2.75) is 39.2 Å². The normalized spacial score (nSPS) is 18.6. The molecule has 1 aromatic carbocycles. The molecule has 0 aliphatic carbocycles. The first kappa shape index (κ1) is 16.8. The summed E-state index contributed by atoms with van der Waals surface area (Å²) in [5, 5.41) is 4.36. The van der Waals surface area contributed by atoms with Gasteiger partial charge in [-0.1, -0.05) is 12.2 Å². The first-order valence-corrected chi connectivity index (χ1v) is 8.59. The van der Waals surface area contributed by atoms with Crippen molar-refractivity contribution in [3.63, 3.8) is 0 Å². The van der Waals surface area contributed by atoms with Gasteiger partial charge in [-0.15, -0.1) is 0 Å². The molecule has 1 saturated heterocycles.